The lowest BCUT2D eigenvalue weighted by Crippen LogP contribution is -2.48. The highest BCUT2D eigenvalue weighted by molar-refractivity contribution is 5.99. The van der Waals surface area contributed by atoms with Crippen molar-refractivity contribution in [1.29, 1.82) is 0 Å². The van der Waals surface area contributed by atoms with E-state index in [9.17, 15) is 46.3 Å². The number of Topliss-reactive ketones (excluding diaryl/α,β-unsaturated/α-hetero) is 2. The van der Waals surface area contributed by atoms with Gasteiger partial charge >= 0.3 is 0 Å². The highest BCUT2D eigenvalue weighted by atomic mass is 19.1. The summed E-state index contributed by atoms with van der Waals surface area (Å²) < 4.78 is 53.2. The van der Waals surface area contributed by atoms with Crippen LogP contribution in [0.3, 0.4) is 0 Å². The van der Waals surface area contributed by atoms with Gasteiger partial charge in [-0.05, 0) is 78.8 Å². The van der Waals surface area contributed by atoms with E-state index in [0.29, 0.717) is 17.7 Å². The summed E-state index contributed by atoms with van der Waals surface area (Å²) in [6.45, 7) is 3.11. The second-order valence-electron chi connectivity index (χ2n) is 15.7. The zero-order valence-corrected chi connectivity index (χ0v) is 35.4. The predicted octanol–water partition coefficient (Wildman–Crippen LogP) is 7.31. The maximum absolute atomic E-state index is 13.3. The molecule has 0 saturated heterocycles. The van der Waals surface area contributed by atoms with Crippen molar-refractivity contribution in [3.63, 3.8) is 0 Å². The molecule has 0 aliphatic heterocycles. The number of rotatable bonds is 17. The first-order valence-electron chi connectivity index (χ1n) is 20.9. The lowest BCUT2D eigenvalue weighted by atomic mass is 9.91. The first-order chi connectivity index (χ1) is 30.6. The third-order valence-corrected chi connectivity index (χ3v) is 10.6. The van der Waals surface area contributed by atoms with E-state index in [-0.39, 0.29) is 47.9 Å². The Morgan fingerprint density at radius 1 is 0.500 bits per heavy atom. The molecule has 4 amide bonds. The molecule has 6 rings (SSSR count). The average Bonchev–Trinajstić information content (AvgIpc) is 3.80. The highest BCUT2D eigenvalue weighted by Gasteiger charge is 2.32. The summed E-state index contributed by atoms with van der Waals surface area (Å²) in [6.07, 6.45) is 3.19. The van der Waals surface area contributed by atoms with Gasteiger partial charge in [-0.1, -0.05) is 104 Å². The van der Waals surface area contributed by atoms with Crippen LogP contribution in [0.2, 0.25) is 0 Å². The Morgan fingerprint density at radius 2 is 0.875 bits per heavy atom. The second kappa shape index (κ2) is 23.7. The van der Waals surface area contributed by atoms with Gasteiger partial charge in [-0.15, -0.1) is 0 Å². The summed E-state index contributed by atoms with van der Waals surface area (Å²) >= 11 is 0. The van der Waals surface area contributed by atoms with Gasteiger partial charge in [-0.2, -0.15) is 0 Å². The zero-order valence-electron chi connectivity index (χ0n) is 35.4. The van der Waals surface area contributed by atoms with E-state index in [1.54, 1.807) is 31.2 Å². The van der Waals surface area contributed by atoms with Crippen molar-refractivity contribution in [2.24, 2.45) is 5.92 Å². The molecule has 0 heterocycles. The molecule has 0 spiro atoms. The van der Waals surface area contributed by atoms with Gasteiger partial charge in [0.1, 0.15) is 23.3 Å². The van der Waals surface area contributed by atoms with Gasteiger partial charge in [0.05, 0.1) is 37.0 Å². The molecule has 0 bridgehead atoms. The number of imide groups is 2. The van der Waals surface area contributed by atoms with Crippen molar-refractivity contribution in [2.45, 2.75) is 83.0 Å². The Kier molecular flexibility index (Phi) is 17.9. The fourth-order valence-electron chi connectivity index (χ4n) is 7.38. The maximum Gasteiger partial charge on any atom is 0.243 e. The predicted molar refractivity (Wildman–Crippen MR) is 232 cm³/mol. The molecule has 64 heavy (non-hydrogen) atoms. The van der Waals surface area contributed by atoms with E-state index in [2.05, 4.69) is 21.3 Å². The lowest BCUT2D eigenvalue weighted by molar-refractivity contribution is -0.133. The van der Waals surface area contributed by atoms with Crippen molar-refractivity contribution >= 4 is 35.2 Å². The van der Waals surface area contributed by atoms with E-state index in [1.165, 1.54) is 6.92 Å². The Hall–Kier alpha value is -6.64. The quantitative estimate of drug-likeness (QED) is 0.0711. The summed E-state index contributed by atoms with van der Waals surface area (Å²) in [5.41, 5.74) is 2.54. The number of benzene rings is 5. The van der Waals surface area contributed by atoms with Crippen LogP contribution in [0.25, 0.3) is 0 Å². The van der Waals surface area contributed by atoms with Crippen LogP contribution in [-0.2, 0) is 48.0 Å². The molecule has 4 atom stereocenters. The van der Waals surface area contributed by atoms with Gasteiger partial charge in [-0.25, -0.2) is 17.6 Å². The molecule has 0 aromatic heterocycles. The number of carbonyl (C=O) groups is 6. The molecular formula is C50H50F4N4O6. The molecule has 1 aliphatic rings. The van der Waals surface area contributed by atoms with Gasteiger partial charge in [-0.3, -0.25) is 50.0 Å². The van der Waals surface area contributed by atoms with E-state index < -0.39 is 71.1 Å². The molecule has 334 valence electrons. The van der Waals surface area contributed by atoms with Crippen molar-refractivity contribution < 1.29 is 46.3 Å². The van der Waals surface area contributed by atoms with Crippen LogP contribution in [0, 0.1) is 29.2 Å². The zero-order chi connectivity index (χ0) is 46.2. The molecule has 14 heteroatoms. The normalized spacial score (nSPS) is 14.2. The monoisotopic (exact) mass is 878 g/mol. The smallest absolute Gasteiger partial charge is 0.243 e. The lowest BCUT2D eigenvalue weighted by Gasteiger charge is -2.24. The number of halogens is 4. The van der Waals surface area contributed by atoms with Gasteiger partial charge < -0.3 is 0 Å². The van der Waals surface area contributed by atoms with Crippen molar-refractivity contribution in [3.8, 4) is 0 Å². The third-order valence-electron chi connectivity index (χ3n) is 10.6. The van der Waals surface area contributed by atoms with Gasteiger partial charge in [0.15, 0.2) is 11.6 Å². The van der Waals surface area contributed by atoms with Crippen LogP contribution in [0.1, 0.15) is 79.4 Å². The maximum atomic E-state index is 13.3. The summed E-state index contributed by atoms with van der Waals surface area (Å²) in [5, 5.41) is 10.5. The summed E-state index contributed by atoms with van der Waals surface area (Å²) in [4.78, 5) is 75.7. The molecular weight excluding hydrogens is 829 g/mol. The Morgan fingerprint density at radius 3 is 1.30 bits per heavy atom. The Labute approximate surface area is 369 Å². The van der Waals surface area contributed by atoms with Crippen LogP contribution in [0.5, 0.6) is 0 Å². The van der Waals surface area contributed by atoms with Crippen molar-refractivity contribution in [2.75, 3.05) is 0 Å². The number of nitrogens with one attached hydrogen (secondary N) is 4. The number of hydrogen-bond acceptors (Lipinski definition) is 8. The van der Waals surface area contributed by atoms with Crippen LogP contribution in [0.15, 0.2) is 127 Å². The van der Waals surface area contributed by atoms with E-state index in [4.69, 9.17) is 0 Å². The number of carbonyl (C=O) groups excluding carboxylic acids is 6. The third kappa shape index (κ3) is 15.0. The minimum Gasteiger partial charge on any atom is -0.297 e. The van der Waals surface area contributed by atoms with Crippen LogP contribution in [-0.4, -0.2) is 47.3 Å². The molecule has 0 radical (unpaired) electrons. The highest BCUT2D eigenvalue weighted by Crippen LogP contribution is 2.30. The summed E-state index contributed by atoms with van der Waals surface area (Å²) in [5.74, 6) is -5.96. The molecule has 10 nitrogen and oxygen atoms in total. The topological polar surface area (TPSA) is 151 Å². The Bertz CT molecular complexity index is 2360. The second-order valence-corrected chi connectivity index (χ2v) is 15.7. The van der Waals surface area contributed by atoms with Gasteiger partial charge in [0, 0.05) is 24.5 Å². The molecule has 5 aromatic rings. The van der Waals surface area contributed by atoms with E-state index >= 15 is 0 Å². The molecule has 2 unspecified atom stereocenters. The van der Waals surface area contributed by atoms with Gasteiger partial charge in [0.25, 0.3) is 0 Å². The minimum atomic E-state index is -0.886. The molecule has 1 saturated carbocycles. The first kappa shape index (κ1) is 48.4. The molecule has 1 aliphatic carbocycles. The van der Waals surface area contributed by atoms with Crippen molar-refractivity contribution in [1.82, 2.24) is 21.3 Å². The number of amides is 4. The first-order valence-corrected chi connectivity index (χ1v) is 20.9. The molecule has 1 fully saturated rings. The fraction of sp³-hybridized carbons (Fsp3) is 0.280. The largest absolute Gasteiger partial charge is 0.297 e. The number of hydrogen-bond donors (Lipinski definition) is 4. The van der Waals surface area contributed by atoms with Crippen molar-refractivity contribution in [3.05, 3.63) is 178 Å². The van der Waals surface area contributed by atoms with Crippen LogP contribution >= 0.6 is 0 Å². The van der Waals surface area contributed by atoms with Gasteiger partial charge in [0.2, 0.25) is 23.6 Å². The van der Waals surface area contributed by atoms with E-state index in [0.717, 1.165) is 61.1 Å². The van der Waals surface area contributed by atoms with Crippen LogP contribution in [0.4, 0.5) is 17.6 Å². The average molecular weight is 879 g/mol. The van der Waals surface area contributed by atoms with E-state index in [1.807, 2.05) is 66.7 Å². The SMILES string of the molecule is C[C@H](NC(C(=O)C1CCCC1)c1ccccc1)C(=O)NC(=O)Cc1cc(F)cc(F)c1.C[C@H](NC(C(=O)Cc1ccccc1)c1ccccc1)C(=O)NC(=O)Cc1cc(F)cc(F)c1. The van der Waals surface area contributed by atoms with Crippen LogP contribution < -0.4 is 21.3 Å². The molecule has 4 N–H and O–H groups in total. The fourth-order valence-corrected chi connectivity index (χ4v) is 7.38. The summed E-state index contributed by atoms with van der Waals surface area (Å²) in [6, 6.07) is 29.9. The minimum absolute atomic E-state index is 0.0440. The Balaban J connectivity index is 0.000000241. The molecule has 5 aromatic carbocycles. The number of ketones is 2. The summed E-state index contributed by atoms with van der Waals surface area (Å²) in [7, 11) is 0. The standard InChI is InChI=1S/C26H24F2N2O3.C24H26F2N2O3/c1-17(26(33)30-24(32)15-19-12-21(27)16-22(28)13-19)29-25(20-10-6-3-7-11-20)23(31)14-18-8-4-2-5-9-18;1-15(24(31)28-21(29)13-16-11-19(25)14-20(26)12-16)27-22(17-7-3-2-4-8-17)23(30)18-9-5-6-10-18/h2-13,16-17,25,29H,14-15H2,1H3,(H,30,32,33);2-4,7-8,11-12,14-15,18,22,27H,5-6,9-10,13H2,1H3,(H,28,29,31)/t17-,25?;15-,22?/m00/s1.